The number of carbonyl (C=O) groups is 2. The Morgan fingerprint density at radius 1 is 1.29 bits per heavy atom. The number of aromatic nitrogens is 2. The van der Waals surface area contributed by atoms with Crippen molar-refractivity contribution in [2.24, 2.45) is 5.92 Å². The number of allylic oxidation sites excluding steroid dienone is 3. The van der Waals surface area contributed by atoms with Gasteiger partial charge in [-0.05, 0) is 24.6 Å². The van der Waals surface area contributed by atoms with Gasteiger partial charge < -0.3 is 4.52 Å². The fourth-order valence-electron chi connectivity index (χ4n) is 3.30. The zero-order valence-corrected chi connectivity index (χ0v) is 16.8. The normalized spacial score (nSPS) is 18.8. The van der Waals surface area contributed by atoms with Crippen LogP contribution in [0.1, 0.15) is 19.2 Å². The van der Waals surface area contributed by atoms with E-state index in [0.717, 1.165) is 10.0 Å². The first-order valence-electron chi connectivity index (χ1n) is 9.01. The predicted octanol–water partition coefficient (Wildman–Crippen LogP) is 3.57. The largest absolute Gasteiger partial charge is 0.501 e. The SMILES string of the molecule is CCCN1C(=O)C2C=CC=CC2=[N+](Cc2nc(-c3cccc(Br)c3)no2)C1=O. The van der Waals surface area contributed by atoms with E-state index >= 15 is 0 Å². The fraction of sp³-hybridized carbons (Fsp3) is 0.250. The number of imide groups is 1. The lowest BCUT2D eigenvalue weighted by molar-refractivity contribution is -0.460. The van der Waals surface area contributed by atoms with Gasteiger partial charge in [0.1, 0.15) is 11.6 Å². The Kier molecular flexibility index (Phi) is 5.04. The minimum absolute atomic E-state index is 0.108. The maximum atomic E-state index is 13.0. The summed E-state index contributed by atoms with van der Waals surface area (Å²) in [6, 6.07) is 7.21. The van der Waals surface area contributed by atoms with E-state index in [9.17, 15) is 9.59 Å². The summed E-state index contributed by atoms with van der Waals surface area (Å²) >= 11 is 3.42. The van der Waals surface area contributed by atoms with Crippen molar-refractivity contribution in [1.82, 2.24) is 15.0 Å². The molecule has 0 saturated carbocycles. The van der Waals surface area contributed by atoms with Crippen LogP contribution in [-0.4, -0.2) is 43.8 Å². The monoisotopic (exact) mass is 441 g/mol. The number of amides is 3. The van der Waals surface area contributed by atoms with Crippen LogP contribution in [0.15, 0.2) is 57.6 Å². The Morgan fingerprint density at radius 2 is 2.14 bits per heavy atom. The summed E-state index contributed by atoms with van der Waals surface area (Å²) in [4.78, 5) is 31.4. The standard InChI is InChI=1S/C20H18BrN4O3/c1-2-10-24-19(26)15-8-3-4-9-16(15)25(20(24)27)12-17-22-18(23-28-17)13-6-5-7-14(21)11-13/h3-9,11,15H,2,10,12H2,1H3/q+1. The van der Waals surface area contributed by atoms with Crippen molar-refractivity contribution in [1.29, 1.82) is 0 Å². The predicted molar refractivity (Wildman–Crippen MR) is 106 cm³/mol. The van der Waals surface area contributed by atoms with Crippen molar-refractivity contribution in [2.45, 2.75) is 19.9 Å². The molecule has 0 saturated heterocycles. The topological polar surface area (TPSA) is 79.3 Å². The number of urea groups is 1. The van der Waals surface area contributed by atoms with E-state index in [0.29, 0.717) is 30.4 Å². The second-order valence-corrected chi connectivity index (χ2v) is 7.44. The lowest BCUT2D eigenvalue weighted by atomic mass is 9.94. The van der Waals surface area contributed by atoms with E-state index in [1.54, 1.807) is 16.7 Å². The third kappa shape index (κ3) is 3.35. The number of fused-ring (bicyclic) bond motifs is 1. The third-order valence-corrected chi connectivity index (χ3v) is 5.09. The summed E-state index contributed by atoms with van der Waals surface area (Å²) in [5.74, 6) is 0.0898. The molecule has 1 unspecified atom stereocenters. The molecule has 0 fully saturated rings. The number of carbonyl (C=O) groups excluding carboxylic acids is 2. The molecule has 2 aliphatic rings. The molecule has 7 nitrogen and oxygen atoms in total. The van der Waals surface area contributed by atoms with Crippen molar-refractivity contribution in [3.05, 3.63) is 58.9 Å². The van der Waals surface area contributed by atoms with Gasteiger partial charge in [0.2, 0.25) is 5.82 Å². The Hall–Kier alpha value is -2.87. The molecule has 28 heavy (non-hydrogen) atoms. The van der Waals surface area contributed by atoms with Gasteiger partial charge in [-0.2, -0.15) is 19.3 Å². The molecule has 0 radical (unpaired) electrons. The van der Waals surface area contributed by atoms with Crippen LogP contribution < -0.4 is 0 Å². The van der Waals surface area contributed by atoms with Gasteiger partial charge >= 0.3 is 11.9 Å². The number of benzene rings is 1. The van der Waals surface area contributed by atoms with Crippen LogP contribution in [0.5, 0.6) is 0 Å². The summed E-state index contributed by atoms with van der Waals surface area (Å²) < 4.78 is 7.84. The molecule has 1 aliphatic carbocycles. The number of hydrogen-bond acceptors (Lipinski definition) is 5. The highest BCUT2D eigenvalue weighted by Gasteiger charge is 2.46. The highest BCUT2D eigenvalue weighted by Crippen LogP contribution is 2.23. The van der Waals surface area contributed by atoms with Crippen molar-refractivity contribution in [3.8, 4) is 11.4 Å². The van der Waals surface area contributed by atoms with Crippen molar-refractivity contribution in [3.63, 3.8) is 0 Å². The minimum Gasteiger partial charge on any atom is -0.335 e. The number of nitrogens with zero attached hydrogens (tertiary/aromatic N) is 4. The average Bonchev–Trinajstić information content (AvgIpc) is 3.17. The zero-order valence-electron chi connectivity index (χ0n) is 15.2. The summed E-state index contributed by atoms with van der Waals surface area (Å²) in [7, 11) is 0. The van der Waals surface area contributed by atoms with E-state index < -0.39 is 5.92 Å². The third-order valence-electron chi connectivity index (χ3n) is 4.60. The first-order valence-corrected chi connectivity index (χ1v) is 9.81. The van der Waals surface area contributed by atoms with E-state index in [1.807, 2.05) is 43.3 Å². The van der Waals surface area contributed by atoms with Gasteiger partial charge in [0, 0.05) is 10.0 Å². The molecule has 2 aromatic rings. The van der Waals surface area contributed by atoms with Gasteiger partial charge in [-0.25, -0.2) is 4.79 Å². The Balaban J connectivity index is 1.68. The van der Waals surface area contributed by atoms with Gasteiger partial charge in [-0.1, -0.05) is 58.4 Å². The molecule has 0 spiro atoms. The molecule has 2 heterocycles. The van der Waals surface area contributed by atoms with Gasteiger partial charge in [0.05, 0.1) is 6.54 Å². The van der Waals surface area contributed by atoms with Gasteiger partial charge in [-0.3, -0.25) is 0 Å². The quantitative estimate of drug-likeness (QED) is 0.662. The van der Waals surface area contributed by atoms with E-state index in [4.69, 9.17) is 4.52 Å². The van der Waals surface area contributed by atoms with E-state index in [2.05, 4.69) is 26.1 Å². The molecule has 1 aliphatic heterocycles. The Labute approximate surface area is 170 Å². The lowest BCUT2D eigenvalue weighted by Gasteiger charge is -2.26. The first-order chi connectivity index (χ1) is 13.6. The number of rotatable bonds is 5. The number of hydrogen-bond donors (Lipinski definition) is 0. The Bertz CT molecular complexity index is 1040. The molecule has 142 valence electrons. The molecule has 8 heteroatoms. The van der Waals surface area contributed by atoms with Gasteiger partial charge in [0.25, 0.3) is 5.89 Å². The molecule has 1 atom stereocenters. The van der Waals surface area contributed by atoms with Gasteiger partial charge in [-0.15, -0.1) is 0 Å². The molecule has 3 amide bonds. The summed E-state index contributed by atoms with van der Waals surface area (Å²) in [6.45, 7) is 2.42. The second-order valence-electron chi connectivity index (χ2n) is 6.53. The van der Waals surface area contributed by atoms with Crippen molar-refractivity contribution >= 4 is 33.6 Å². The van der Waals surface area contributed by atoms with Crippen LogP contribution in [0.3, 0.4) is 0 Å². The number of halogens is 1. The summed E-state index contributed by atoms with van der Waals surface area (Å²) in [5.41, 5.74) is 1.44. The molecule has 0 N–H and O–H groups in total. The first kappa shape index (κ1) is 18.5. The molecular weight excluding hydrogens is 424 g/mol. The summed E-state index contributed by atoms with van der Waals surface area (Å²) in [6.07, 6.45) is 7.92. The highest BCUT2D eigenvalue weighted by molar-refractivity contribution is 9.10. The molecule has 1 aromatic heterocycles. The smallest absolute Gasteiger partial charge is 0.335 e. The van der Waals surface area contributed by atoms with Crippen molar-refractivity contribution < 1.29 is 18.7 Å². The van der Waals surface area contributed by atoms with Crippen LogP contribution in [-0.2, 0) is 11.3 Å². The minimum atomic E-state index is -0.471. The molecule has 1 aromatic carbocycles. The second kappa shape index (κ2) is 7.63. The van der Waals surface area contributed by atoms with E-state index in [-0.39, 0.29) is 18.5 Å². The molecular formula is C20H18BrN4O3+. The molecule has 0 bridgehead atoms. The van der Waals surface area contributed by atoms with Crippen LogP contribution in [0.2, 0.25) is 0 Å². The maximum Gasteiger partial charge on any atom is 0.501 e. The van der Waals surface area contributed by atoms with Crippen LogP contribution in [0.4, 0.5) is 4.79 Å². The van der Waals surface area contributed by atoms with Crippen LogP contribution in [0.25, 0.3) is 11.4 Å². The maximum absolute atomic E-state index is 13.0. The summed E-state index contributed by atoms with van der Waals surface area (Å²) in [5, 5.41) is 4.03. The average molecular weight is 442 g/mol. The van der Waals surface area contributed by atoms with Crippen molar-refractivity contribution in [2.75, 3.05) is 6.54 Å². The lowest BCUT2D eigenvalue weighted by Crippen LogP contribution is -2.54. The fourth-order valence-corrected chi connectivity index (χ4v) is 3.70. The van der Waals surface area contributed by atoms with E-state index in [1.165, 1.54) is 4.90 Å². The van der Waals surface area contributed by atoms with Gasteiger partial charge in [0.15, 0.2) is 6.54 Å². The Morgan fingerprint density at radius 3 is 2.93 bits per heavy atom. The highest BCUT2D eigenvalue weighted by atomic mass is 79.9. The van der Waals surface area contributed by atoms with Crippen LogP contribution in [0, 0.1) is 5.92 Å². The zero-order chi connectivity index (χ0) is 19.7. The molecule has 4 rings (SSSR count). The van der Waals surface area contributed by atoms with Crippen LogP contribution >= 0.6 is 15.9 Å².